The fraction of sp³-hybridized carbons (Fsp3) is 0.767. The highest BCUT2D eigenvalue weighted by Gasteiger charge is 2.46. The Kier molecular flexibility index (Phi) is 52.3. The van der Waals surface area contributed by atoms with Gasteiger partial charge in [-0.05, 0) is 112 Å². The van der Waals surface area contributed by atoms with Crippen LogP contribution in [0.1, 0.15) is 217 Å². The van der Waals surface area contributed by atoms with Gasteiger partial charge < -0.3 is 109 Å². The van der Waals surface area contributed by atoms with Crippen LogP contribution >= 0.6 is 0 Å². The Morgan fingerprint density at radius 2 is 0.656 bits per heavy atom. The van der Waals surface area contributed by atoms with Crippen molar-refractivity contribution in [1.82, 2.24) is 47.9 Å². The second-order valence-corrected chi connectivity index (χ2v) is 32.0. The first-order valence-electron chi connectivity index (χ1n) is 43.4. The molecule has 15 atom stereocenters. The highest BCUT2D eigenvalue weighted by atomic mass is 16.7. The monoisotopic (exact) mass is 1730 g/mol. The largest absolute Gasteiger partial charge is 0.463 e. The third kappa shape index (κ3) is 44.8. The molecule has 15 unspecified atom stereocenters. The minimum absolute atomic E-state index is 0.0405. The van der Waals surface area contributed by atoms with Crippen LogP contribution in [-0.2, 0) is 135 Å². The van der Waals surface area contributed by atoms with Crippen molar-refractivity contribution in [2.45, 2.75) is 279 Å². The van der Waals surface area contributed by atoms with Gasteiger partial charge >= 0.3 is 23.9 Å². The number of hydrogen-bond donors (Lipinski definition) is 9. The van der Waals surface area contributed by atoms with Gasteiger partial charge in [0.1, 0.15) is 37.7 Å². The summed E-state index contributed by atoms with van der Waals surface area (Å²) in [6.07, 6.45) is 1.99. The van der Waals surface area contributed by atoms with Crippen LogP contribution in [-0.4, -0.2) is 256 Å². The molecular formula is C86H141N9O27. The Balaban J connectivity index is 1.30. The maximum absolute atomic E-state index is 14.0. The standard InChI is InChI=1S/C86H141N9O27/c1-56-59(4)80(92-62(7)96)83(120-70(56)50-116-65(10)99)113-43-21-17-30-69(102)29-16-20-38-87-75(105)35-46-110-53-86(95-78(108)33-24-34-79(109)119-49-68-27-14-13-15-28-68,54-111-47-36-76(106)90-41-25-39-88-73(103)31-18-22-44-114-84-81(93-63(8)97)60(5)57(2)71(121-84)51-117-66(11)100)55-112-48-37-77(107)91-42-26-40-89-74(104)32-19-23-45-115-85-82(94-64(9)98)61(6)58(3)72(122-85)52-118-67(12)101/h13-15,27-28,56-61,70-72,80-85H,16-26,29-55H2,1-12H3,(H,87,105)(H,88,103)(H,89,104)(H,90,106)(H,91,107)(H,92,96)(H,93,97)(H,94,98)(H,95,108). The molecule has 3 heterocycles. The summed E-state index contributed by atoms with van der Waals surface area (Å²) in [7, 11) is 0. The summed E-state index contributed by atoms with van der Waals surface area (Å²) >= 11 is 0. The Labute approximate surface area is 718 Å². The number of ketones is 1. The molecule has 1 aromatic rings. The Bertz CT molecular complexity index is 3070. The highest BCUT2D eigenvalue weighted by Crippen LogP contribution is 2.35. The third-order valence-corrected chi connectivity index (χ3v) is 21.7. The number of esters is 4. The number of carbonyl (C=O) groups is 14. The number of rotatable bonds is 62. The molecule has 3 aliphatic rings. The molecule has 3 aliphatic heterocycles. The molecule has 0 aromatic heterocycles. The van der Waals surface area contributed by atoms with Crippen molar-refractivity contribution in [2.24, 2.45) is 35.5 Å². The van der Waals surface area contributed by atoms with Gasteiger partial charge in [0.15, 0.2) is 18.9 Å². The molecule has 36 heteroatoms. The minimum Gasteiger partial charge on any atom is -0.463 e. The van der Waals surface area contributed by atoms with Crippen LogP contribution in [0, 0.1) is 35.5 Å². The van der Waals surface area contributed by atoms with Crippen LogP contribution in [0.15, 0.2) is 30.3 Å². The van der Waals surface area contributed by atoms with Crippen molar-refractivity contribution in [1.29, 1.82) is 0 Å². The van der Waals surface area contributed by atoms with Gasteiger partial charge in [-0.25, -0.2) is 0 Å². The van der Waals surface area contributed by atoms with Gasteiger partial charge in [0, 0.05) is 152 Å². The lowest BCUT2D eigenvalue weighted by Gasteiger charge is -2.44. The molecule has 1 aromatic carbocycles. The van der Waals surface area contributed by atoms with E-state index in [0.29, 0.717) is 77.0 Å². The lowest BCUT2D eigenvalue weighted by atomic mass is 9.82. The van der Waals surface area contributed by atoms with Crippen LogP contribution in [0.3, 0.4) is 0 Å². The molecule has 36 nitrogen and oxygen atoms in total. The lowest BCUT2D eigenvalue weighted by Crippen LogP contribution is -2.58. The minimum atomic E-state index is -1.48. The second kappa shape index (κ2) is 60.3. The quantitative estimate of drug-likeness (QED) is 0.0239. The van der Waals surface area contributed by atoms with E-state index < -0.39 is 90.6 Å². The summed E-state index contributed by atoms with van der Waals surface area (Å²) < 4.78 is 76.2. The molecular weight excluding hydrogens is 1590 g/mol. The van der Waals surface area contributed by atoms with Gasteiger partial charge in [-0.2, -0.15) is 0 Å². The molecule has 4 rings (SSSR count). The average molecular weight is 1730 g/mol. The lowest BCUT2D eigenvalue weighted by molar-refractivity contribution is -0.244. The molecule has 0 spiro atoms. The topological polar surface area (TPSA) is 467 Å². The van der Waals surface area contributed by atoms with Crippen molar-refractivity contribution >= 4 is 82.8 Å². The molecule has 692 valence electrons. The van der Waals surface area contributed by atoms with E-state index in [9.17, 15) is 67.1 Å². The molecule has 3 saturated heterocycles. The number of hydrogen-bond acceptors (Lipinski definition) is 27. The van der Waals surface area contributed by atoms with Gasteiger partial charge in [0.05, 0.1) is 76.1 Å². The maximum atomic E-state index is 14.0. The first-order valence-corrected chi connectivity index (χ1v) is 43.4. The van der Waals surface area contributed by atoms with Crippen molar-refractivity contribution in [3.63, 3.8) is 0 Å². The third-order valence-electron chi connectivity index (χ3n) is 21.7. The van der Waals surface area contributed by atoms with Gasteiger partial charge in [-0.1, -0.05) is 71.9 Å². The van der Waals surface area contributed by atoms with E-state index in [2.05, 4.69) is 47.9 Å². The van der Waals surface area contributed by atoms with E-state index in [4.69, 9.17) is 61.6 Å². The second-order valence-electron chi connectivity index (χ2n) is 32.0. The fourth-order valence-corrected chi connectivity index (χ4v) is 14.0. The summed E-state index contributed by atoms with van der Waals surface area (Å²) in [5, 5.41) is 26.0. The van der Waals surface area contributed by atoms with Gasteiger partial charge in [-0.15, -0.1) is 0 Å². The predicted molar refractivity (Wildman–Crippen MR) is 444 cm³/mol. The van der Waals surface area contributed by atoms with Crippen molar-refractivity contribution in [3.05, 3.63) is 35.9 Å². The maximum Gasteiger partial charge on any atom is 0.306 e. The fourth-order valence-electron chi connectivity index (χ4n) is 14.0. The average Bonchev–Trinajstić information content (AvgIpc) is 0.811. The Hall–Kier alpha value is -8.36. The number of unbranched alkanes of at least 4 members (excludes halogenated alkanes) is 4. The van der Waals surface area contributed by atoms with Crippen molar-refractivity contribution in [3.8, 4) is 0 Å². The SMILES string of the molecule is CC(=O)NC1C(OCCCCC(=O)CCCCNC(=O)CCOCC(COCCC(=O)NCCCNC(=O)CCCCOC2OC(COC(C)=O)C(C)C(C)C2NC(C)=O)(COCCC(=O)NCCCNC(=O)CCCCOC2OC(COC(C)=O)C(C)C(C)C2NC(C)=O)NC(=O)CCCC(=O)OCc2ccccc2)OC(COC(C)=O)C(C)C1C. The van der Waals surface area contributed by atoms with Gasteiger partial charge in [0.25, 0.3) is 0 Å². The van der Waals surface area contributed by atoms with Crippen LogP contribution in [0.25, 0.3) is 0 Å². The van der Waals surface area contributed by atoms with Crippen molar-refractivity contribution in [2.75, 3.05) is 112 Å². The van der Waals surface area contributed by atoms with Gasteiger partial charge in [-0.3, -0.25) is 67.1 Å². The van der Waals surface area contributed by atoms with Crippen LogP contribution in [0.5, 0.6) is 0 Å². The summed E-state index contributed by atoms with van der Waals surface area (Å²) in [4.78, 5) is 176. The summed E-state index contributed by atoms with van der Waals surface area (Å²) in [5.74, 6) is -4.72. The number of nitrogens with one attached hydrogen (secondary N) is 9. The zero-order valence-electron chi connectivity index (χ0n) is 73.9. The Morgan fingerprint density at radius 1 is 0.336 bits per heavy atom. The molecule has 3 fully saturated rings. The smallest absolute Gasteiger partial charge is 0.306 e. The van der Waals surface area contributed by atoms with E-state index in [-0.39, 0.29) is 259 Å². The van der Waals surface area contributed by atoms with E-state index in [0.717, 1.165) is 5.56 Å². The molecule has 0 bridgehead atoms. The summed E-state index contributed by atoms with van der Waals surface area (Å²) in [6, 6.07) is 7.82. The first kappa shape index (κ1) is 106. The zero-order chi connectivity index (χ0) is 89.8. The number of benzene rings is 1. The predicted octanol–water partition coefficient (Wildman–Crippen LogP) is 4.83. The summed E-state index contributed by atoms with van der Waals surface area (Å²) in [5.41, 5.74) is -0.692. The molecule has 0 radical (unpaired) electrons. The molecule has 9 amide bonds. The number of ether oxygens (including phenoxy) is 13. The van der Waals surface area contributed by atoms with Crippen LogP contribution < -0.4 is 47.9 Å². The normalized spacial score (nSPS) is 22.9. The van der Waals surface area contributed by atoms with Crippen molar-refractivity contribution < 1.29 is 129 Å². The number of amides is 9. The van der Waals surface area contributed by atoms with Crippen LogP contribution in [0.4, 0.5) is 0 Å². The molecule has 0 saturated carbocycles. The first-order chi connectivity index (χ1) is 58.3. The van der Waals surface area contributed by atoms with E-state index in [1.165, 1.54) is 41.5 Å². The summed E-state index contributed by atoms with van der Waals surface area (Å²) in [6.45, 7) is 21.1. The van der Waals surface area contributed by atoms with Crippen LogP contribution in [0.2, 0.25) is 0 Å². The van der Waals surface area contributed by atoms with E-state index in [1.807, 2.05) is 71.9 Å². The number of Topliss-reactive ketones (excluding diaryl/α,β-unsaturated/α-hetero) is 1. The molecule has 9 N–H and O–H groups in total. The molecule has 122 heavy (non-hydrogen) atoms. The highest BCUT2D eigenvalue weighted by molar-refractivity contribution is 5.80. The van der Waals surface area contributed by atoms with Gasteiger partial charge in [0.2, 0.25) is 53.2 Å². The zero-order valence-corrected chi connectivity index (χ0v) is 73.9. The Morgan fingerprint density at radius 3 is 1.00 bits per heavy atom. The van der Waals surface area contributed by atoms with E-state index >= 15 is 0 Å². The van der Waals surface area contributed by atoms with E-state index in [1.54, 1.807) is 0 Å². The molecule has 0 aliphatic carbocycles. The number of carbonyl (C=O) groups excluding carboxylic acids is 14.